The maximum Gasteiger partial charge on any atom is 0.120 e. The molecule has 1 aliphatic heterocycles. The molecule has 106 valence electrons. The molecule has 0 saturated carbocycles. The second-order valence-corrected chi connectivity index (χ2v) is 5.65. The Kier molecular flexibility index (Phi) is 3.74. The third-order valence-electron chi connectivity index (χ3n) is 3.97. The Morgan fingerprint density at radius 3 is 2.95 bits per heavy atom. The lowest BCUT2D eigenvalue weighted by atomic mass is 10.1. The monoisotopic (exact) mass is 270 g/mol. The molecule has 4 nitrogen and oxygen atoms in total. The van der Waals surface area contributed by atoms with Gasteiger partial charge in [0.2, 0.25) is 0 Å². The van der Waals surface area contributed by atoms with Crippen molar-refractivity contribution in [2.24, 2.45) is 0 Å². The molecule has 0 spiro atoms. The van der Waals surface area contributed by atoms with Crippen molar-refractivity contribution in [2.45, 2.75) is 26.4 Å². The van der Waals surface area contributed by atoms with Crippen LogP contribution < -0.4 is 4.90 Å². The van der Waals surface area contributed by atoms with Crippen LogP contribution >= 0.6 is 0 Å². The molecule has 1 saturated heterocycles. The molecule has 3 rings (SSSR count). The van der Waals surface area contributed by atoms with E-state index < -0.39 is 0 Å². The zero-order valence-corrected chi connectivity index (χ0v) is 12.2. The molecular weight excluding hydrogens is 248 g/mol. The van der Waals surface area contributed by atoms with Gasteiger partial charge in [-0.2, -0.15) is 0 Å². The number of nitrogens with zero attached hydrogens (tertiary/aromatic N) is 3. The van der Waals surface area contributed by atoms with E-state index in [2.05, 4.69) is 57.9 Å². The summed E-state index contributed by atoms with van der Waals surface area (Å²) >= 11 is 0. The van der Waals surface area contributed by atoms with E-state index in [-0.39, 0.29) is 0 Å². The Morgan fingerprint density at radius 1 is 1.35 bits per heavy atom. The van der Waals surface area contributed by atoms with Crippen LogP contribution in [0, 0.1) is 6.92 Å². The average Bonchev–Trinajstić information content (AvgIpc) is 2.92. The number of rotatable bonds is 3. The van der Waals surface area contributed by atoms with E-state index in [0.29, 0.717) is 6.04 Å². The van der Waals surface area contributed by atoms with Gasteiger partial charge in [0.15, 0.2) is 0 Å². The molecule has 1 unspecified atom stereocenters. The van der Waals surface area contributed by atoms with Crippen LogP contribution in [-0.2, 0) is 6.54 Å². The zero-order valence-electron chi connectivity index (χ0n) is 12.2. The van der Waals surface area contributed by atoms with Crippen molar-refractivity contribution in [1.82, 2.24) is 14.9 Å². The molecule has 1 aliphatic rings. The van der Waals surface area contributed by atoms with E-state index in [9.17, 15) is 0 Å². The number of anilines is 1. The summed E-state index contributed by atoms with van der Waals surface area (Å²) in [6.45, 7) is 8.61. The lowest BCUT2D eigenvalue weighted by molar-refractivity contribution is 0.216. The molecule has 1 aromatic heterocycles. The smallest absolute Gasteiger partial charge is 0.120 e. The van der Waals surface area contributed by atoms with E-state index in [1.54, 1.807) is 0 Å². The third-order valence-corrected chi connectivity index (χ3v) is 3.97. The predicted molar refractivity (Wildman–Crippen MR) is 81.9 cm³/mol. The second-order valence-electron chi connectivity index (χ2n) is 5.65. The number of aromatic amines is 1. The highest BCUT2D eigenvalue weighted by atomic mass is 15.3. The average molecular weight is 270 g/mol. The van der Waals surface area contributed by atoms with Gasteiger partial charge in [-0.25, -0.2) is 4.98 Å². The fourth-order valence-corrected chi connectivity index (χ4v) is 2.96. The molecule has 2 aromatic rings. The molecule has 1 aromatic carbocycles. The maximum atomic E-state index is 4.31. The van der Waals surface area contributed by atoms with Crippen LogP contribution in [-0.4, -0.2) is 40.5 Å². The molecule has 1 atom stereocenters. The minimum absolute atomic E-state index is 0.528. The Hall–Kier alpha value is -1.81. The first-order valence-electron chi connectivity index (χ1n) is 7.26. The zero-order chi connectivity index (χ0) is 13.9. The van der Waals surface area contributed by atoms with Crippen LogP contribution in [0.2, 0.25) is 0 Å². The van der Waals surface area contributed by atoms with Gasteiger partial charge >= 0.3 is 0 Å². The first-order chi connectivity index (χ1) is 9.72. The molecular formula is C16H22N4. The summed E-state index contributed by atoms with van der Waals surface area (Å²) in [6, 6.07) is 9.32. The Labute approximate surface area is 120 Å². The fourth-order valence-electron chi connectivity index (χ4n) is 2.96. The second kappa shape index (κ2) is 5.67. The van der Waals surface area contributed by atoms with Gasteiger partial charge in [-0.15, -0.1) is 0 Å². The number of aromatic nitrogens is 2. The van der Waals surface area contributed by atoms with Crippen molar-refractivity contribution < 1.29 is 0 Å². The van der Waals surface area contributed by atoms with Crippen LogP contribution in [0.1, 0.15) is 18.3 Å². The number of nitrogens with one attached hydrogen (secondary N) is 1. The summed E-state index contributed by atoms with van der Waals surface area (Å²) in [5, 5.41) is 0. The topological polar surface area (TPSA) is 35.2 Å². The lowest BCUT2D eigenvalue weighted by Crippen LogP contribution is -2.51. The van der Waals surface area contributed by atoms with E-state index in [1.165, 1.54) is 11.3 Å². The quantitative estimate of drug-likeness (QED) is 0.930. The van der Waals surface area contributed by atoms with E-state index in [1.807, 2.05) is 12.4 Å². The van der Waals surface area contributed by atoms with Crippen LogP contribution in [0.25, 0.3) is 0 Å². The summed E-state index contributed by atoms with van der Waals surface area (Å²) in [5.41, 5.74) is 2.67. The summed E-state index contributed by atoms with van der Waals surface area (Å²) in [5.74, 6) is 1.06. The standard InChI is InChI=1S/C16H22N4/c1-13-4-3-5-15(10-13)20-9-8-19(11-14(20)2)12-16-17-6-7-18-16/h3-7,10,14H,8-9,11-12H2,1-2H3,(H,17,18). The maximum absolute atomic E-state index is 4.31. The molecule has 20 heavy (non-hydrogen) atoms. The van der Waals surface area contributed by atoms with Crippen LogP contribution in [0.5, 0.6) is 0 Å². The summed E-state index contributed by atoms with van der Waals surface area (Å²) in [6.07, 6.45) is 3.71. The summed E-state index contributed by atoms with van der Waals surface area (Å²) in [7, 11) is 0. The first-order valence-corrected chi connectivity index (χ1v) is 7.26. The van der Waals surface area contributed by atoms with E-state index in [0.717, 1.165) is 32.0 Å². The number of hydrogen-bond donors (Lipinski definition) is 1. The van der Waals surface area contributed by atoms with Crippen molar-refractivity contribution in [2.75, 3.05) is 24.5 Å². The summed E-state index contributed by atoms with van der Waals surface area (Å²) in [4.78, 5) is 12.5. The molecule has 1 fully saturated rings. The van der Waals surface area contributed by atoms with Gasteiger partial charge in [0.25, 0.3) is 0 Å². The van der Waals surface area contributed by atoms with Crippen molar-refractivity contribution >= 4 is 5.69 Å². The van der Waals surface area contributed by atoms with Crippen molar-refractivity contribution in [3.05, 3.63) is 48.0 Å². The van der Waals surface area contributed by atoms with Crippen molar-refractivity contribution in [3.63, 3.8) is 0 Å². The van der Waals surface area contributed by atoms with Gasteiger partial charge in [-0.3, -0.25) is 4.90 Å². The minimum atomic E-state index is 0.528. The molecule has 0 bridgehead atoms. The molecule has 0 aliphatic carbocycles. The number of H-pyrrole nitrogens is 1. The molecule has 0 radical (unpaired) electrons. The van der Waals surface area contributed by atoms with Crippen LogP contribution in [0.15, 0.2) is 36.7 Å². The van der Waals surface area contributed by atoms with Crippen LogP contribution in [0.3, 0.4) is 0 Å². The highest BCUT2D eigenvalue weighted by Crippen LogP contribution is 2.22. The number of aryl methyl sites for hydroxylation is 1. The number of benzene rings is 1. The van der Waals surface area contributed by atoms with Gasteiger partial charge in [-0.05, 0) is 31.5 Å². The Bertz CT molecular complexity index is 549. The van der Waals surface area contributed by atoms with E-state index >= 15 is 0 Å². The third kappa shape index (κ3) is 2.85. The SMILES string of the molecule is Cc1cccc(N2CCN(Cc3ncc[nH]3)CC2C)c1. The van der Waals surface area contributed by atoms with Crippen molar-refractivity contribution in [1.29, 1.82) is 0 Å². The summed E-state index contributed by atoms with van der Waals surface area (Å²) < 4.78 is 0. The van der Waals surface area contributed by atoms with Gasteiger partial charge in [0.05, 0.1) is 6.54 Å². The number of piperazine rings is 1. The molecule has 1 N–H and O–H groups in total. The molecule has 4 heteroatoms. The van der Waals surface area contributed by atoms with Crippen LogP contribution in [0.4, 0.5) is 5.69 Å². The largest absolute Gasteiger partial charge is 0.366 e. The van der Waals surface area contributed by atoms with Gasteiger partial charge in [0, 0.05) is 43.8 Å². The first kappa shape index (κ1) is 13.2. The fraction of sp³-hybridized carbons (Fsp3) is 0.438. The Balaban J connectivity index is 1.65. The highest BCUT2D eigenvalue weighted by molar-refractivity contribution is 5.49. The minimum Gasteiger partial charge on any atom is -0.366 e. The van der Waals surface area contributed by atoms with Gasteiger partial charge in [0.1, 0.15) is 5.82 Å². The number of hydrogen-bond acceptors (Lipinski definition) is 3. The van der Waals surface area contributed by atoms with Gasteiger partial charge < -0.3 is 9.88 Å². The molecule has 2 heterocycles. The van der Waals surface area contributed by atoms with E-state index in [4.69, 9.17) is 0 Å². The number of imidazole rings is 1. The molecule has 0 amide bonds. The van der Waals surface area contributed by atoms with Gasteiger partial charge in [-0.1, -0.05) is 12.1 Å². The predicted octanol–water partition coefficient (Wildman–Crippen LogP) is 2.43. The normalized spacial score (nSPS) is 20.3. The lowest BCUT2D eigenvalue weighted by Gasteiger charge is -2.41. The van der Waals surface area contributed by atoms with Crippen molar-refractivity contribution in [3.8, 4) is 0 Å². The highest BCUT2D eigenvalue weighted by Gasteiger charge is 2.24. The Morgan fingerprint density at radius 2 is 2.25 bits per heavy atom.